The topological polar surface area (TPSA) is 105 Å². The molecule has 1 aliphatic heterocycles. The van der Waals surface area contributed by atoms with E-state index >= 15 is 0 Å². The number of fused-ring (bicyclic) bond motifs is 1. The normalized spacial score (nSPS) is 14.8. The Morgan fingerprint density at radius 2 is 1.81 bits per heavy atom. The molecule has 7 nitrogen and oxygen atoms in total. The summed E-state index contributed by atoms with van der Waals surface area (Å²) in [7, 11) is 1.51. The third kappa shape index (κ3) is 6.73. The summed E-state index contributed by atoms with van der Waals surface area (Å²) in [6, 6.07) is 16.8. The number of benzene rings is 3. The first-order chi connectivity index (χ1) is 18.0. The summed E-state index contributed by atoms with van der Waals surface area (Å²) in [5.41, 5.74) is 7.32. The Balaban J connectivity index is 1.34. The van der Waals surface area contributed by atoms with Gasteiger partial charge < -0.3 is 26.4 Å². The number of ether oxygens (including phenoxy) is 1. The highest BCUT2D eigenvalue weighted by Gasteiger charge is 2.26. The molecule has 1 aliphatic rings. The molecule has 0 bridgehead atoms. The second-order valence-electron chi connectivity index (χ2n) is 9.52. The largest absolute Gasteiger partial charge is 0.496 e. The van der Waals surface area contributed by atoms with Crippen molar-refractivity contribution in [3.8, 4) is 5.75 Å². The van der Waals surface area contributed by atoms with Gasteiger partial charge in [-0.15, -0.1) is 0 Å². The van der Waals surface area contributed by atoms with Crippen LogP contribution in [0.25, 0.3) is 10.8 Å². The molecule has 37 heavy (non-hydrogen) atoms. The van der Waals surface area contributed by atoms with Gasteiger partial charge in [-0.2, -0.15) is 0 Å². The Kier molecular flexibility index (Phi) is 9.25. The first kappa shape index (κ1) is 26.8. The Bertz CT molecular complexity index is 1240. The number of piperidine rings is 1. The molecule has 1 atom stereocenters. The SMILES string of the molecule is COc1cc(N)c(Cl)cc1C(=O)NC(CCCCNC(=O)c1cccc2ccccc12)C1CCNCC1. The Hall–Kier alpha value is -3.29. The van der Waals surface area contributed by atoms with Crippen molar-refractivity contribution in [2.24, 2.45) is 5.92 Å². The summed E-state index contributed by atoms with van der Waals surface area (Å²) in [4.78, 5) is 26.0. The molecule has 5 N–H and O–H groups in total. The van der Waals surface area contributed by atoms with Gasteiger partial charge in [0.2, 0.25) is 0 Å². The van der Waals surface area contributed by atoms with Crippen LogP contribution < -0.4 is 26.4 Å². The van der Waals surface area contributed by atoms with Crippen molar-refractivity contribution in [1.29, 1.82) is 0 Å². The minimum atomic E-state index is -0.216. The van der Waals surface area contributed by atoms with Gasteiger partial charge in [-0.3, -0.25) is 9.59 Å². The third-order valence-electron chi connectivity index (χ3n) is 7.09. The van der Waals surface area contributed by atoms with Crippen LogP contribution in [0.2, 0.25) is 5.02 Å². The number of nitrogen functional groups attached to an aromatic ring is 1. The van der Waals surface area contributed by atoms with Gasteiger partial charge in [0.05, 0.1) is 23.4 Å². The minimum absolute atomic E-state index is 0.0180. The summed E-state index contributed by atoms with van der Waals surface area (Å²) in [6.07, 6.45) is 4.53. The smallest absolute Gasteiger partial charge is 0.255 e. The standard InChI is InChI=1S/C29H35ClN4O3/c1-37-27-18-25(31)24(30)17-23(27)29(36)34-26(20-12-15-32-16-13-20)11-4-5-14-33-28(35)22-10-6-8-19-7-2-3-9-21(19)22/h2-3,6-10,17-18,20,26,32H,4-5,11-16,31H2,1H3,(H,33,35)(H,34,36). The molecule has 1 unspecified atom stereocenters. The Labute approximate surface area is 223 Å². The van der Waals surface area contributed by atoms with E-state index < -0.39 is 0 Å². The molecular weight excluding hydrogens is 488 g/mol. The molecule has 3 aromatic carbocycles. The predicted molar refractivity (Wildman–Crippen MR) is 149 cm³/mol. The molecule has 1 saturated heterocycles. The van der Waals surface area contributed by atoms with Crippen molar-refractivity contribution in [2.75, 3.05) is 32.5 Å². The van der Waals surface area contributed by atoms with Crippen molar-refractivity contribution >= 4 is 39.9 Å². The summed E-state index contributed by atoms with van der Waals surface area (Å²) in [5.74, 6) is 0.504. The van der Waals surface area contributed by atoms with E-state index in [1.165, 1.54) is 7.11 Å². The number of nitrogens with one attached hydrogen (secondary N) is 3. The molecule has 0 aromatic heterocycles. The first-order valence-electron chi connectivity index (χ1n) is 12.9. The second kappa shape index (κ2) is 12.8. The van der Waals surface area contributed by atoms with E-state index in [-0.39, 0.29) is 17.9 Å². The molecular formula is C29H35ClN4O3. The van der Waals surface area contributed by atoms with Crippen molar-refractivity contribution in [2.45, 2.75) is 38.1 Å². The van der Waals surface area contributed by atoms with Crippen molar-refractivity contribution in [1.82, 2.24) is 16.0 Å². The number of anilines is 1. The number of nitrogens with two attached hydrogens (primary N) is 1. The fourth-order valence-corrected chi connectivity index (χ4v) is 5.21. The second-order valence-corrected chi connectivity index (χ2v) is 9.93. The number of carbonyl (C=O) groups excluding carboxylic acids is 2. The van der Waals surface area contributed by atoms with Gasteiger partial charge in [0.15, 0.2) is 0 Å². The number of hydrogen-bond donors (Lipinski definition) is 4. The molecule has 3 aromatic rings. The maximum absolute atomic E-state index is 13.2. The summed E-state index contributed by atoms with van der Waals surface area (Å²) >= 11 is 6.19. The maximum Gasteiger partial charge on any atom is 0.255 e. The number of methoxy groups -OCH3 is 1. The van der Waals surface area contributed by atoms with Crippen LogP contribution >= 0.6 is 11.6 Å². The van der Waals surface area contributed by atoms with Gasteiger partial charge in [-0.05, 0) is 74.0 Å². The average molecular weight is 523 g/mol. The molecule has 0 radical (unpaired) electrons. The number of rotatable bonds is 10. The van der Waals surface area contributed by atoms with Gasteiger partial charge in [0.1, 0.15) is 5.75 Å². The van der Waals surface area contributed by atoms with E-state index in [4.69, 9.17) is 22.1 Å². The van der Waals surface area contributed by atoms with Gasteiger partial charge in [-0.1, -0.05) is 48.0 Å². The molecule has 2 amide bonds. The quantitative estimate of drug-likeness (QED) is 0.226. The maximum atomic E-state index is 13.2. The highest BCUT2D eigenvalue weighted by Crippen LogP contribution is 2.29. The molecule has 196 valence electrons. The fourth-order valence-electron chi connectivity index (χ4n) is 5.04. The van der Waals surface area contributed by atoms with Crippen LogP contribution in [0.15, 0.2) is 54.6 Å². The van der Waals surface area contributed by atoms with Crippen LogP contribution in [0.5, 0.6) is 5.75 Å². The molecule has 8 heteroatoms. The summed E-state index contributed by atoms with van der Waals surface area (Å²) in [6.45, 7) is 2.46. The van der Waals surface area contributed by atoms with Gasteiger partial charge >= 0.3 is 0 Å². The van der Waals surface area contributed by atoms with Crippen LogP contribution in [0.4, 0.5) is 5.69 Å². The van der Waals surface area contributed by atoms with Crippen LogP contribution in [0.1, 0.15) is 52.8 Å². The predicted octanol–water partition coefficient (Wildman–Crippen LogP) is 4.78. The molecule has 0 aliphatic carbocycles. The highest BCUT2D eigenvalue weighted by molar-refractivity contribution is 6.33. The minimum Gasteiger partial charge on any atom is -0.496 e. The molecule has 0 saturated carbocycles. The van der Waals surface area contributed by atoms with Crippen molar-refractivity contribution in [3.63, 3.8) is 0 Å². The lowest BCUT2D eigenvalue weighted by Gasteiger charge is -2.31. The van der Waals surface area contributed by atoms with E-state index in [9.17, 15) is 9.59 Å². The monoisotopic (exact) mass is 522 g/mol. The molecule has 1 fully saturated rings. The zero-order valence-corrected chi connectivity index (χ0v) is 21.9. The number of carbonyl (C=O) groups is 2. The van der Waals surface area contributed by atoms with Crippen LogP contribution in [-0.2, 0) is 0 Å². The number of amides is 2. The number of hydrogen-bond acceptors (Lipinski definition) is 5. The zero-order chi connectivity index (χ0) is 26.2. The van der Waals surface area contributed by atoms with Gasteiger partial charge in [-0.25, -0.2) is 0 Å². The highest BCUT2D eigenvalue weighted by atomic mass is 35.5. The van der Waals surface area contributed by atoms with E-state index in [0.29, 0.717) is 40.0 Å². The summed E-state index contributed by atoms with van der Waals surface area (Å²) < 4.78 is 5.38. The Morgan fingerprint density at radius 1 is 1.05 bits per heavy atom. The van der Waals surface area contributed by atoms with Crippen LogP contribution in [0, 0.1) is 5.92 Å². The zero-order valence-electron chi connectivity index (χ0n) is 21.2. The number of unbranched alkanes of at least 4 members (excludes halogenated alkanes) is 1. The van der Waals surface area contributed by atoms with E-state index in [2.05, 4.69) is 16.0 Å². The lowest BCUT2D eigenvalue weighted by molar-refractivity contribution is 0.0906. The van der Waals surface area contributed by atoms with Crippen LogP contribution in [-0.4, -0.2) is 44.6 Å². The molecule has 4 rings (SSSR count). The van der Waals surface area contributed by atoms with E-state index in [1.807, 2.05) is 42.5 Å². The first-order valence-corrected chi connectivity index (χ1v) is 13.3. The lowest BCUT2D eigenvalue weighted by atomic mass is 9.87. The lowest BCUT2D eigenvalue weighted by Crippen LogP contribution is -2.44. The fraction of sp³-hybridized carbons (Fsp3) is 0.379. The van der Waals surface area contributed by atoms with Crippen LogP contribution in [0.3, 0.4) is 0 Å². The van der Waals surface area contributed by atoms with Gasteiger partial charge in [0.25, 0.3) is 11.8 Å². The van der Waals surface area contributed by atoms with Crippen molar-refractivity contribution in [3.05, 3.63) is 70.7 Å². The van der Waals surface area contributed by atoms with Gasteiger partial charge in [0, 0.05) is 24.2 Å². The third-order valence-corrected chi connectivity index (χ3v) is 7.42. The number of halogens is 1. The summed E-state index contributed by atoms with van der Waals surface area (Å²) in [5, 5.41) is 12.0. The Morgan fingerprint density at radius 3 is 2.59 bits per heavy atom. The van der Waals surface area contributed by atoms with Crippen molar-refractivity contribution < 1.29 is 14.3 Å². The molecule has 0 spiro atoms. The van der Waals surface area contributed by atoms with E-state index in [1.54, 1.807) is 12.1 Å². The average Bonchev–Trinajstić information content (AvgIpc) is 2.93. The molecule has 1 heterocycles. The van der Waals surface area contributed by atoms with E-state index in [0.717, 1.165) is 56.0 Å².